The third-order valence-electron chi connectivity index (χ3n) is 5.21. The lowest BCUT2D eigenvalue weighted by molar-refractivity contribution is -0.122. The first-order valence-corrected chi connectivity index (χ1v) is 11.4. The van der Waals surface area contributed by atoms with E-state index in [0.717, 1.165) is 59.6 Å². The molecule has 0 aliphatic carbocycles. The summed E-state index contributed by atoms with van der Waals surface area (Å²) in [7, 11) is 0. The molecule has 1 aliphatic heterocycles. The summed E-state index contributed by atoms with van der Waals surface area (Å²) in [6, 6.07) is 17.8. The highest BCUT2D eigenvalue weighted by atomic mass is 35.5. The van der Waals surface area contributed by atoms with Crippen LogP contribution in [0.25, 0.3) is 10.6 Å². The van der Waals surface area contributed by atoms with Crippen LogP contribution in [0, 0.1) is 0 Å². The minimum absolute atomic E-state index is 0.0798. The number of nitrogens with one attached hydrogen (secondary N) is 1. The monoisotopic (exact) mass is 440 g/mol. The Morgan fingerprint density at radius 2 is 1.70 bits per heavy atom. The standard InChI is InChI=1S/C23H25ClN4OS/c24-21-9-5-4-8-20(21)23-26-19(17-30-23)15-27-10-12-28(13-11-27)16-22(29)25-14-18-6-2-1-3-7-18/h1-9,17H,10-16H2,(H,25,29). The summed E-state index contributed by atoms with van der Waals surface area (Å²) in [6.07, 6.45) is 0. The number of carbonyl (C=O) groups excluding carboxylic acids is 1. The zero-order valence-corrected chi connectivity index (χ0v) is 18.3. The van der Waals surface area contributed by atoms with Crippen molar-refractivity contribution in [3.63, 3.8) is 0 Å². The Morgan fingerprint density at radius 1 is 1.00 bits per heavy atom. The van der Waals surface area contributed by atoms with Crippen molar-refractivity contribution >= 4 is 28.8 Å². The summed E-state index contributed by atoms with van der Waals surface area (Å²) in [5.74, 6) is 0.0798. The molecule has 30 heavy (non-hydrogen) atoms. The quantitative estimate of drug-likeness (QED) is 0.605. The summed E-state index contributed by atoms with van der Waals surface area (Å²) in [4.78, 5) is 21.6. The number of aromatic nitrogens is 1. The van der Waals surface area contributed by atoms with Crippen LogP contribution < -0.4 is 5.32 Å². The maximum atomic E-state index is 12.2. The molecule has 0 saturated carbocycles. The van der Waals surface area contributed by atoms with Gasteiger partial charge in [-0.3, -0.25) is 14.6 Å². The largest absolute Gasteiger partial charge is 0.351 e. The average Bonchev–Trinajstić information content (AvgIpc) is 3.23. The lowest BCUT2D eigenvalue weighted by Gasteiger charge is -2.33. The predicted molar refractivity (Wildman–Crippen MR) is 123 cm³/mol. The average molecular weight is 441 g/mol. The van der Waals surface area contributed by atoms with E-state index in [1.807, 2.05) is 54.6 Å². The number of amides is 1. The molecular weight excluding hydrogens is 416 g/mol. The molecule has 0 spiro atoms. The van der Waals surface area contributed by atoms with Gasteiger partial charge in [0.2, 0.25) is 5.91 Å². The van der Waals surface area contributed by atoms with Crippen LogP contribution in [0.1, 0.15) is 11.3 Å². The van der Waals surface area contributed by atoms with Crippen molar-refractivity contribution in [3.05, 3.63) is 76.3 Å². The number of hydrogen-bond acceptors (Lipinski definition) is 5. The van der Waals surface area contributed by atoms with E-state index in [2.05, 4.69) is 20.5 Å². The van der Waals surface area contributed by atoms with Crippen LogP contribution in [-0.2, 0) is 17.9 Å². The summed E-state index contributed by atoms with van der Waals surface area (Å²) >= 11 is 7.93. The number of carbonyl (C=O) groups is 1. The van der Waals surface area contributed by atoms with E-state index in [1.165, 1.54) is 0 Å². The van der Waals surface area contributed by atoms with Gasteiger partial charge in [-0.15, -0.1) is 11.3 Å². The van der Waals surface area contributed by atoms with Crippen molar-refractivity contribution in [3.8, 4) is 10.6 Å². The minimum Gasteiger partial charge on any atom is -0.351 e. The molecule has 1 saturated heterocycles. The van der Waals surface area contributed by atoms with Gasteiger partial charge in [0.25, 0.3) is 0 Å². The Morgan fingerprint density at radius 3 is 2.47 bits per heavy atom. The molecule has 5 nitrogen and oxygen atoms in total. The lowest BCUT2D eigenvalue weighted by atomic mass is 10.2. The minimum atomic E-state index is 0.0798. The number of rotatable bonds is 7. The highest BCUT2D eigenvalue weighted by Crippen LogP contribution is 2.30. The van der Waals surface area contributed by atoms with Crippen LogP contribution in [0.5, 0.6) is 0 Å². The molecule has 1 fully saturated rings. The van der Waals surface area contributed by atoms with Crippen molar-refractivity contribution in [1.82, 2.24) is 20.1 Å². The van der Waals surface area contributed by atoms with Gasteiger partial charge >= 0.3 is 0 Å². The predicted octanol–water partition coefficient (Wildman–Crippen LogP) is 3.90. The van der Waals surface area contributed by atoms with Crippen molar-refractivity contribution < 1.29 is 4.79 Å². The highest BCUT2D eigenvalue weighted by molar-refractivity contribution is 7.13. The molecular formula is C23H25ClN4OS. The first-order valence-electron chi connectivity index (χ1n) is 10.1. The molecule has 1 amide bonds. The van der Waals surface area contributed by atoms with Crippen LogP contribution in [0.4, 0.5) is 0 Å². The zero-order valence-electron chi connectivity index (χ0n) is 16.8. The number of nitrogens with zero attached hydrogens (tertiary/aromatic N) is 3. The maximum absolute atomic E-state index is 12.2. The molecule has 1 N–H and O–H groups in total. The van der Waals surface area contributed by atoms with Gasteiger partial charge in [-0.2, -0.15) is 0 Å². The fourth-order valence-corrected chi connectivity index (χ4v) is 4.66. The number of thiazole rings is 1. The van der Waals surface area contributed by atoms with E-state index >= 15 is 0 Å². The molecule has 7 heteroatoms. The Bertz CT molecular complexity index is 970. The fraction of sp³-hybridized carbons (Fsp3) is 0.304. The van der Waals surface area contributed by atoms with E-state index in [4.69, 9.17) is 16.6 Å². The Hall–Kier alpha value is -2.25. The highest BCUT2D eigenvalue weighted by Gasteiger charge is 2.20. The van der Waals surface area contributed by atoms with Crippen LogP contribution in [0.2, 0.25) is 5.02 Å². The molecule has 0 atom stereocenters. The first-order chi connectivity index (χ1) is 14.7. The Labute approximate surface area is 186 Å². The molecule has 0 unspecified atom stereocenters. The maximum Gasteiger partial charge on any atom is 0.234 e. The van der Waals surface area contributed by atoms with Crippen LogP contribution in [0.15, 0.2) is 60.0 Å². The third kappa shape index (κ3) is 5.67. The van der Waals surface area contributed by atoms with Gasteiger partial charge in [-0.1, -0.05) is 60.1 Å². The van der Waals surface area contributed by atoms with Gasteiger partial charge < -0.3 is 5.32 Å². The normalized spacial score (nSPS) is 15.2. The third-order valence-corrected chi connectivity index (χ3v) is 6.46. The van der Waals surface area contributed by atoms with E-state index in [9.17, 15) is 4.79 Å². The van der Waals surface area contributed by atoms with Gasteiger partial charge in [0.15, 0.2) is 0 Å². The zero-order chi connectivity index (χ0) is 20.8. The molecule has 2 aromatic carbocycles. The summed E-state index contributed by atoms with van der Waals surface area (Å²) < 4.78 is 0. The molecule has 156 valence electrons. The first kappa shape index (κ1) is 21.0. The molecule has 4 rings (SSSR count). The van der Waals surface area contributed by atoms with Gasteiger partial charge in [-0.05, 0) is 11.6 Å². The van der Waals surface area contributed by atoms with Crippen LogP contribution in [0.3, 0.4) is 0 Å². The Balaban J connectivity index is 1.21. The fourth-order valence-electron chi connectivity index (χ4n) is 3.53. The lowest BCUT2D eigenvalue weighted by Crippen LogP contribution is -2.49. The molecule has 0 bridgehead atoms. The van der Waals surface area contributed by atoms with Gasteiger partial charge in [0.1, 0.15) is 5.01 Å². The Kier molecular flexibility index (Phi) is 7.12. The van der Waals surface area contributed by atoms with E-state index in [-0.39, 0.29) is 5.91 Å². The van der Waals surface area contributed by atoms with Crippen molar-refractivity contribution in [2.24, 2.45) is 0 Å². The number of hydrogen-bond donors (Lipinski definition) is 1. The summed E-state index contributed by atoms with van der Waals surface area (Å²) in [6.45, 7) is 5.51. The number of benzene rings is 2. The van der Waals surface area contributed by atoms with Gasteiger partial charge in [0.05, 0.1) is 17.3 Å². The van der Waals surface area contributed by atoms with E-state index in [0.29, 0.717) is 13.1 Å². The second-order valence-electron chi connectivity index (χ2n) is 7.44. The van der Waals surface area contributed by atoms with E-state index < -0.39 is 0 Å². The molecule has 2 heterocycles. The van der Waals surface area contributed by atoms with Gasteiger partial charge in [0, 0.05) is 50.2 Å². The van der Waals surface area contributed by atoms with Crippen molar-refractivity contribution in [1.29, 1.82) is 0 Å². The molecule has 1 aromatic heterocycles. The van der Waals surface area contributed by atoms with Crippen LogP contribution in [-0.4, -0.2) is 53.4 Å². The van der Waals surface area contributed by atoms with Crippen molar-refractivity contribution in [2.45, 2.75) is 13.1 Å². The molecule has 0 radical (unpaired) electrons. The second-order valence-corrected chi connectivity index (χ2v) is 8.70. The summed E-state index contributed by atoms with van der Waals surface area (Å²) in [5, 5.41) is 6.82. The number of piperazine rings is 1. The second kappa shape index (κ2) is 10.2. The molecule has 3 aromatic rings. The summed E-state index contributed by atoms with van der Waals surface area (Å²) in [5.41, 5.74) is 3.18. The van der Waals surface area contributed by atoms with Crippen molar-refractivity contribution in [2.75, 3.05) is 32.7 Å². The molecule has 1 aliphatic rings. The van der Waals surface area contributed by atoms with Gasteiger partial charge in [-0.25, -0.2) is 4.98 Å². The topological polar surface area (TPSA) is 48.5 Å². The van der Waals surface area contributed by atoms with Crippen LogP contribution >= 0.6 is 22.9 Å². The number of halogens is 1. The SMILES string of the molecule is O=C(CN1CCN(Cc2csc(-c3ccccc3Cl)n2)CC1)NCc1ccccc1. The smallest absolute Gasteiger partial charge is 0.234 e. The van der Waals surface area contributed by atoms with E-state index in [1.54, 1.807) is 11.3 Å².